The van der Waals surface area contributed by atoms with Gasteiger partial charge in [-0.3, -0.25) is 4.98 Å². The van der Waals surface area contributed by atoms with E-state index in [1.54, 1.807) is 6.20 Å². The Kier molecular flexibility index (Phi) is 3.06. The van der Waals surface area contributed by atoms with E-state index in [4.69, 9.17) is 4.52 Å². The molecule has 5 heteroatoms. The van der Waals surface area contributed by atoms with Crippen LogP contribution in [0.5, 0.6) is 0 Å². The van der Waals surface area contributed by atoms with Gasteiger partial charge in [0, 0.05) is 24.5 Å². The van der Waals surface area contributed by atoms with E-state index in [1.807, 2.05) is 19.2 Å². The monoisotopic (exact) mass is 244 g/mol. The lowest BCUT2D eigenvalue weighted by atomic mass is 10.00. The molecule has 0 saturated carbocycles. The molecule has 5 nitrogen and oxygen atoms in total. The molecule has 3 heterocycles. The molecule has 3 rings (SSSR count). The largest absolute Gasteiger partial charge is 0.339 e. The van der Waals surface area contributed by atoms with Crippen molar-refractivity contribution >= 4 is 0 Å². The maximum absolute atomic E-state index is 5.39. The van der Waals surface area contributed by atoms with Gasteiger partial charge in [-0.2, -0.15) is 4.98 Å². The van der Waals surface area contributed by atoms with E-state index < -0.39 is 0 Å². The maximum Gasteiger partial charge on any atom is 0.231 e. The molecule has 0 bridgehead atoms. The smallest absolute Gasteiger partial charge is 0.231 e. The summed E-state index contributed by atoms with van der Waals surface area (Å²) in [7, 11) is 0. The second-order valence-corrected chi connectivity index (χ2v) is 4.69. The lowest BCUT2D eigenvalue weighted by molar-refractivity contribution is 0.322. The van der Waals surface area contributed by atoms with Gasteiger partial charge in [-0.15, -0.1) is 0 Å². The van der Waals surface area contributed by atoms with Gasteiger partial charge in [0.25, 0.3) is 0 Å². The summed E-state index contributed by atoms with van der Waals surface area (Å²) in [5, 5.41) is 7.44. The third kappa shape index (κ3) is 2.13. The van der Waals surface area contributed by atoms with Gasteiger partial charge < -0.3 is 9.84 Å². The molecule has 2 aromatic rings. The normalized spacial score (nSPS) is 19.9. The minimum Gasteiger partial charge on any atom is -0.339 e. The molecule has 1 aliphatic heterocycles. The number of piperidine rings is 1. The molecular weight excluding hydrogens is 228 g/mol. The number of nitrogens with zero attached hydrogens (tertiary/aromatic N) is 3. The highest BCUT2D eigenvalue weighted by Crippen LogP contribution is 2.25. The van der Waals surface area contributed by atoms with Gasteiger partial charge in [0.1, 0.15) is 0 Å². The number of pyridine rings is 1. The van der Waals surface area contributed by atoms with Crippen LogP contribution in [-0.4, -0.2) is 28.2 Å². The third-order valence-corrected chi connectivity index (χ3v) is 3.35. The average Bonchev–Trinajstić information content (AvgIpc) is 2.90. The number of nitrogens with one attached hydrogen (secondary N) is 1. The first-order valence-electron chi connectivity index (χ1n) is 6.30. The minimum absolute atomic E-state index is 0.349. The molecule has 1 N–H and O–H groups in total. The number of hydrogen-bond donors (Lipinski definition) is 1. The Morgan fingerprint density at radius 3 is 3.17 bits per heavy atom. The molecule has 0 aliphatic carbocycles. The summed E-state index contributed by atoms with van der Waals surface area (Å²) in [5.41, 5.74) is 2.05. The van der Waals surface area contributed by atoms with Gasteiger partial charge in [-0.1, -0.05) is 5.16 Å². The molecule has 1 aliphatic rings. The quantitative estimate of drug-likeness (QED) is 0.874. The molecule has 0 radical (unpaired) electrons. The Balaban J connectivity index is 1.87. The van der Waals surface area contributed by atoms with Gasteiger partial charge >= 0.3 is 0 Å². The highest BCUT2D eigenvalue weighted by atomic mass is 16.5. The first kappa shape index (κ1) is 11.3. The van der Waals surface area contributed by atoms with Crippen molar-refractivity contribution in [3.05, 3.63) is 29.9 Å². The van der Waals surface area contributed by atoms with Crippen LogP contribution in [0.1, 0.15) is 30.2 Å². The van der Waals surface area contributed by atoms with Gasteiger partial charge in [0.2, 0.25) is 11.7 Å². The van der Waals surface area contributed by atoms with E-state index in [0.29, 0.717) is 11.7 Å². The number of aryl methyl sites for hydroxylation is 1. The van der Waals surface area contributed by atoms with Crippen molar-refractivity contribution in [3.8, 4) is 11.4 Å². The molecule has 94 valence electrons. The SMILES string of the molecule is Cc1cnccc1-c1noc(C2CCCNC2)n1. The highest BCUT2D eigenvalue weighted by Gasteiger charge is 2.21. The minimum atomic E-state index is 0.349. The maximum atomic E-state index is 5.39. The Hall–Kier alpha value is -1.75. The molecule has 0 spiro atoms. The topological polar surface area (TPSA) is 63.8 Å². The van der Waals surface area contributed by atoms with Crippen molar-refractivity contribution in [1.29, 1.82) is 0 Å². The Morgan fingerprint density at radius 1 is 1.44 bits per heavy atom. The molecule has 1 saturated heterocycles. The second kappa shape index (κ2) is 4.86. The van der Waals surface area contributed by atoms with Crippen molar-refractivity contribution in [3.63, 3.8) is 0 Å². The zero-order valence-corrected chi connectivity index (χ0v) is 10.4. The molecule has 1 atom stereocenters. The highest BCUT2D eigenvalue weighted by molar-refractivity contribution is 5.57. The molecule has 1 unspecified atom stereocenters. The lowest BCUT2D eigenvalue weighted by Crippen LogP contribution is -2.28. The fraction of sp³-hybridized carbons (Fsp3) is 0.462. The van der Waals surface area contributed by atoms with Gasteiger partial charge in [0.05, 0.1) is 5.92 Å². The molecule has 1 fully saturated rings. The summed E-state index contributed by atoms with van der Waals surface area (Å²) in [4.78, 5) is 8.59. The van der Waals surface area contributed by atoms with Crippen LogP contribution in [0.2, 0.25) is 0 Å². The Bertz CT molecular complexity index is 531. The van der Waals surface area contributed by atoms with Crippen LogP contribution in [0.3, 0.4) is 0 Å². The van der Waals surface area contributed by atoms with Crippen LogP contribution in [0.4, 0.5) is 0 Å². The van der Waals surface area contributed by atoms with Crippen molar-refractivity contribution in [2.24, 2.45) is 0 Å². The van der Waals surface area contributed by atoms with Crippen molar-refractivity contribution in [2.75, 3.05) is 13.1 Å². The zero-order chi connectivity index (χ0) is 12.4. The van der Waals surface area contributed by atoms with Crippen LogP contribution in [-0.2, 0) is 0 Å². The van der Waals surface area contributed by atoms with Crippen LogP contribution >= 0.6 is 0 Å². The second-order valence-electron chi connectivity index (χ2n) is 4.69. The Labute approximate surface area is 106 Å². The number of hydrogen-bond acceptors (Lipinski definition) is 5. The van der Waals surface area contributed by atoms with Gasteiger partial charge in [-0.25, -0.2) is 0 Å². The van der Waals surface area contributed by atoms with E-state index in [1.165, 1.54) is 0 Å². The van der Waals surface area contributed by atoms with E-state index in [0.717, 1.165) is 42.9 Å². The van der Waals surface area contributed by atoms with Crippen LogP contribution in [0, 0.1) is 6.92 Å². The molecule has 2 aromatic heterocycles. The molecule has 18 heavy (non-hydrogen) atoms. The Morgan fingerprint density at radius 2 is 2.39 bits per heavy atom. The van der Waals surface area contributed by atoms with E-state index in [9.17, 15) is 0 Å². The van der Waals surface area contributed by atoms with Gasteiger partial charge in [0.15, 0.2) is 0 Å². The molecule has 0 aromatic carbocycles. The van der Waals surface area contributed by atoms with E-state index in [2.05, 4.69) is 20.4 Å². The van der Waals surface area contributed by atoms with Crippen LogP contribution in [0.15, 0.2) is 23.0 Å². The van der Waals surface area contributed by atoms with Crippen LogP contribution < -0.4 is 5.32 Å². The molecular formula is C13H16N4O. The first-order valence-corrected chi connectivity index (χ1v) is 6.30. The van der Waals surface area contributed by atoms with Crippen molar-refractivity contribution < 1.29 is 4.52 Å². The van der Waals surface area contributed by atoms with Crippen molar-refractivity contribution in [2.45, 2.75) is 25.7 Å². The summed E-state index contributed by atoms with van der Waals surface area (Å²) in [6.07, 6.45) is 5.84. The predicted molar refractivity (Wildman–Crippen MR) is 67.1 cm³/mol. The fourth-order valence-electron chi connectivity index (χ4n) is 2.30. The summed E-state index contributed by atoms with van der Waals surface area (Å²) in [6.45, 7) is 4.01. The fourth-order valence-corrected chi connectivity index (χ4v) is 2.30. The number of rotatable bonds is 2. The lowest BCUT2D eigenvalue weighted by Gasteiger charge is -2.18. The average molecular weight is 244 g/mol. The van der Waals surface area contributed by atoms with Crippen molar-refractivity contribution in [1.82, 2.24) is 20.4 Å². The summed E-state index contributed by atoms with van der Waals surface area (Å²) in [6, 6.07) is 1.92. The van der Waals surface area contributed by atoms with E-state index >= 15 is 0 Å². The first-order chi connectivity index (χ1) is 8.84. The third-order valence-electron chi connectivity index (χ3n) is 3.35. The summed E-state index contributed by atoms with van der Waals surface area (Å²) < 4.78 is 5.39. The van der Waals surface area contributed by atoms with E-state index in [-0.39, 0.29) is 0 Å². The predicted octanol–water partition coefficient (Wildman–Crippen LogP) is 1.91. The summed E-state index contributed by atoms with van der Waals surface area (Å²) in [5.74, 6) is 1.76. The zero-order valence-electron chi connectivity index (χ0n) is 10.4. The van der Waals surface area contributed by atoms with Gasteiger partial charge in [-0.05, 0) is 37.9 Å². The molecule has 0 amide bonds. The summed E-state index contributed by atoms with van der Waals surface area (Å²) >= 11 is 0. The number of aromatic nitrogens is 3. The standard InChI is InChI=1S/C13H16N4O/c1-9-7-15-6-4-11(9)12-16-13(18-17-12)10-3-2-5-14-8-10/h4,6-7,10,14H,2-3,5,8H2,1H3. The van der Waals surface area contributed by atoms with Crippen LogP contribution in [0.25, 0.3) is 11.4 Å².